The van der Waals surface area contributed by atoms with Crippen LogP contribution in [0.4, 0.5) is 0 Å². The highest BCUT2D eigenvalue weighted by atomic mass is 35.5. The van der Waals surface area contributed by atoms with Gasteiger partial charge in [0.25, 0.3) is 0 Å². The lowest BCUT2D eigenvalue weighted by atomic mass is 10.5. The van der Waals surface area contributed by atoms with Gasteiger partial charge in [0.1, 0.15) is 11.0 Å². The number of aromatic nitrogens is 3. The Morgan fingerprint density at radius 1 is 1.42 bits per heavy atom. The summed E-state index contributed by atoms with van der Waals surface area (Å²) in [5.74, 6) is 0.773. The van der Waals surface area contributed by atoms with E-state index in [0.29, 0.717) is 5.15 Å². The number of hydrogen-bond acceptors (Lipinski definition) is 2. The van der Waals surface area contributed by atoms with Crippen LogP contribution in [0.5, 0.6) is 0 Å². The van der Waals surface area contributed by atoms with Crippen LogP contribution in [-0.4, -0.2) is 14.4 Å². The van der Waals surface area contributed by atoms with Gasteiger partial charge in [-0.05, 0) is 6.08 Å². The SMILES string of the molecule is C=Cc1ncc2cnc(Cl)cn12. The zero-order valence-corrected chi connectivity index (χ0v) is 6.99. The topological polar surface area (TPSA) is 30.2 Å². The maximum absolute atomic E-state index is 5.71. The van der Waals surface area contributed by atoms with Crippen molar-refractivity contribution in [3.8, 4) is 0 Å². The van der Waals surface area contributed by atoms with Crippen LogP contribution in [0, 0.1) is 0 Å². The third-order valence-corrected chi connectivity index (χ3v) is 1.79. The molecule has 0 aliphatic carbocycles. The Labute approximate surface area is 74.3 Å². The van der Waals surface area contributed by atoms with Gasteiger partial charge in [0.2, 0.25) is 0 Å². The minimum absolute atomic E-state index is 0.448. The molecule has 0 radical (unpaired) electrons. The van der Waals surface area contributed by atoms with E-state index in [1.54, 1.807) is 24.7 Å². The number of hydrogen-bond donors (Lipinski definition) is 0. The fourth-order valence-electron chi connectivity index (χ4n) is 1.04. The number of fused-ring (bicyclic) bond motifs is 1. The molecule has 0 amide bonds. The van der Waals surface area contributed by atoms with Crippen molar-refractivity contribution in [2.24, 2.45) is 0 Å². The van der Waals surface area contributed by atoms with E-state index < -0.39 is 0 Å². The largest absolute Gasteiger partial charge is 0.296 e. The molecule has 2 rings (SSSR count). The lowest BCUT2D eigenvalue weighted by Crippen LogP contribution is -1.88. The number of imidazole rings is 1. The molecular weight excluding hydrogens is 174 g/mol. The predicted octanol–water partition coefficient (Wildman–Crippen LogP) is 2.03. The van der Waals surface area contributed by atoms with Crippen molar-refractivity contribution < 1.29 is 0 Å². The van der Waals surface area contributed by atoms with Crippen molar-refractivity contribution in [2.45, 2.75) is 0 Å². The van der Waals surface area contributed by atoms with Crippen molar-refractivity contribution >= 4 is 23.2 Å². The second-order valence-electron chi connectivity index (χ2n) is 2.33. The van der Waals surface area contributed by atoms with E-state index in [-0.39, 0.29) is 0 Å². The Kier molecular flexibility index (Phi) is 1.59. The molecule has 0 spiro atoms. The molecule has 60 valence electrons. The Hall–Kier alpha value is -1.35. The molecule has 3 nitrogen and oxygen atoms in total. The highest BCUT2D eigenvalue weighted by Gasteiger charge is 1.99. The molecule has 0 atom stereocenters. The molecular formula is C8H6ClN3. The lowest BCUT2D eigenvalue weighted by molar-refractivity contribution is 1.09. The van der Waals surface area contributed by atoms with Crippen LogP contribution in [0.25, 0.3) is 11.6 Å². The summed E-state index contributed by atoms with van der Waals surface area (Å²) in [6, 6.07) is 0. The summed E-state index contributed by atoms with van der Waals surface area (Å²) in [5, 5.41) is 0.448. The van der Waals surface area contributed by atoms with Gasteiger partial charge < -0.3 is 0 Å². The molecule has 0 unspecified atom stereocenters. The summed E-state index contributed by atoms with van der Waals surface area (Å²) >= 11 is 5.71. The van der Waals surface area contributed by atoms with Gasteiger partial charge >= 0.3 is 0 Å². The minimum atomic E-state index is 0.448. The molecule has 12 heavy (non-hydrogen) atoms. The van der Waals surface area contributed by atoms with E-state index in [0.717, 1.165) is 11.3 Å². The Bertz CT molecular complexity index is 433. The molecule has 0 fully saturated rings. The first kappa shape index (κ1) is 7.31. The van der Waals surface area contributed by atoms with Crippen molar-refractivity contribution in [3.63, 3.8) is 0 Å². The molecule has 2 aromatic rings. The maximum atomic E-state index is 5.71. The molecule has 2 heterocycles. The second-order valence-corrected chi connectivity index (χ2v) is 2.71. The van der Waals surface area contributed by atoms with E-state index in [1.165, 1.54) is 0 Å². The Morgan fingerprint density at radius 2 is 2.17 bits per heavy atom. The van der Waals surface area contributed by atoms with E-state index in [1.807, 2.05) is 4.40 Å². The van der Waals surface area contributed by atoms with Gasteiger partial charge in [-0.3, -0.25) is 4.40 Å². The van der Waals surface area contributed by atoms with E-state index >= 15 is 0 Å². The van der Waals surface area contributed by atoms with Crippen LogP contribution in [0.2, 0.25) is 5.15 Å². The van der Waals surface area contributed by atoms with Gasteiger partial charge in [-0.2, -0.15) is 0 Å². The summed E-state index contributed by atoms with van der Waals surface area (Å²) in [6.07, 6.45) is 6.77. The number of rotatable bonds is 1. The first-order valence-corrected chi connectivity index (χ1v) is 3.80. The smallest absolute Gasteiger partial charge is 0.145 e. The first-order chi connectivity index (χ1) is 5.81. The average Bonchev–Trinajstić information content (AvgIpc) is 2.46. The highest BCUT2D eigenvalue weighted by Crippen LogP contribution is 2.10. The lowest BCUT2D eigenvalue weighted by Gasteiger charge is -1.95. The van der Waals surface area contributed by atoms with Crippen molar-refractivity contribution in [1.29, 1.82) is 0 Å². The van der Waals surface area contributed by atoms with Gasteiger partial charge in [0, 0.05) is 6.20 Å². The molecule has 0 aliphatic rings. The molecule has 0 N–H and O–H groups in total. The standard InChI is InChI=1S/C8H6ClN3/c1-2-8-11-4-6-3-10-7(9)5-12(6)8/h2-5H,1H2. The highest BCUT2D eigenvalue weighted by molar-refractivity contribution is 6.29. The van der Waals surface area contributed by atoms with Gasteiger partial charge in [-0.1, -0.05) is 18.2 Å². The van der Waals surface area contributed by atoms with E-state index in [9.17, 15) is 0 Å². The van der Waals surface area contributed by atoms with Crippen LogP contribution in [0.3, 0.4) is 0 Å². The Morgan fingerprint density at radius 3 is 2.92 bits per heavy atom. The number of halogens is 1. The molecule has 2 aromatic heterocycles. The normalized spacial score (nSPS) is 10.4. The number of nitrogens with zero attached hydrogens (tertiary/aromatic N) is 3. The third kappa shape index (κ3) is 0.987. The predicted molar refractivity (Wildman–Crippen MR) is 48.1 cm³/mol. The molecule has 0 aliphatic heterocycles. The van der Waals surface area contributed by atoms with Crippen molar-refractivity contribution in [2.75, 3.05) is 0 Å². The quantitative estimate of drug-likeness (QED) is 0.671. The van der Waals surface area contributed by atoms with Gasteiger partial charge in [-0.25, -0.2) is 9.97 Å². The zero-order chi connectivity index (χ0) is 8.55. The van der Waals surface area contributed by atoms with Crippen molar-refractivity contribution in [3.05, 3.63) is 36.1 Å². The fraction of sp³-hybridized carbons (Fsp3) is 0. The van der Waals surface area contributed by atoms with Crippen LogP contribution < -0.4 is 0 Å². The Balaban J connectivity index is 2.83. The average molecular weight is 180 g/mol. The third-order valence-electron chi connectivity index (χ3n) is 1.59. The monoisotopic (exact) mass is 179 g/mol. The fourth-order valence-corrected chi connectivity index (χ4v) is 1.19. The summed E-state index contributed by atoms with van der Waals surface area (Å²) < 4.78 is 1.84. The van der Waals surface area contributed by atoms with Gasteiger partial charge in [0.05, 0.1) is 17.9 Å². The second kappa shape index (κ2) is 2.60. The molecule has 4 heteroatoms. The molecule has 0 bridgehead atoms. The zero-order valence-electron chi connectivity index (χ0n) is 6.24. The van der Waals surface area contributed by atoms with E-state index in [4.69, 9.17) is 11.6 Å². The van der Waals surface area contributed by atoms with Crippen LogP contribution in [0.1, 0.15) is 5.82 Å². The molecule has 0 aromatic carbocycles. The molecule has 0 saturated carbocycles. The van der Waals surface area contributed by atoms with Crippen LogP contribution in [0.15, 0.2) is 25.2 Å². The maximum Gasteiger partial charge on any atom is 0.145 e. The first-order valence-electron chi connectivity index (χ1n) is 3.42. The molecule has 0 saturated heterocycles. The summed E-state index contributed by atoms with van der Waals surface area (Å²) in [7, 11) is 0. The van der Waals surface area contributed by atoms with E-state index in [2.05, 4.69) is 16.5 Å². The van der Waals surface area contributed by atoms with Gasteiger partial charge in [-0.15, -0.1) is 0 Å². The summed E-state index contributed by atoms with van der Waals surface area (Å²) in [6.45, 7) is 3.64. The summed E-state index contributed by atoms with van der Waals surface area (Å²) in [4.78, 5) is 8.03. The van der Waals surface area contributed by atoms with Crippen molar-refractivity contribution in [1.82, 2.24) is 14.4 Å². The van der Waals surface area contributed by atoms with Gasteiger partial charge in [0.15, 0.2) is 0 Å². The van der Waals surface area contributed by atoms with Crippen LogP contribution >= 0.6 is 11.6 Å². The summed E-state index contributed by atoms with van der Waals surface area (Å²) in [5.41, 5.74) is 0.911. The minimum Gasteiger partial charge on any atom is -0.296 e. The van der Waals surface area contributed by atoms with Crippen LogP contribution in [-0.2, 0) is 0 Å².